The fraction of sp³-hybridized carbons (Fsp3) is 0.538. The van der Waals surface area contributed by atoms with Crippen LogP contribution in [0.1, 0.15) is 43.2 Å². The molecule has 0 saturated heterocycles. The summed E-state index contributed by atoms with van der Waals surface area (Å²) in [5, 5.41) is 19.7. The van der Waals surface area contributed by atoms with E-state index in [1.807, 2.05) is 12.1 Å². The average Bonchev–Trinajstić information content (AvgIpc) is 2.27. The van der Waals surface area contributed by atoms with Gasteiger partial charge in [0.05, 0.1) is 0 Å². The van der Waals surface area contributed by atoms with Gasteiger partial charge < -0.3 is 15.9 Å². The summed E-state index contributed by atoms with van der Waals surface area (Å²) in [6, 6.07) is 3.66. The third-order valence-electron chi connectivity index (χ3n) is 3.64. The molecule has 1 fully saturated rings. The highest BCUT2D eigenvalue weighted by Crippen LogP contribution is 2.43. The lowest BCUT2D eigenvalue weighted by Gasteiger charge is -2.34. The van der Waals surface area contributed by atoms with Crippen molar-refractivity contribution >= 4 is 0 Å². The number of hydrogen-bond acceptors (Lipinski definition) is 3. The second kappa shape index (κ2) is 3.98. The van der Waals surface area contributed by atoms with Crippen molar-refractivity contribution in [3.05, 3.63) is 23.3 Å². The number of rotatable bonds is 1. The molecule has 88 valence electrons. The predicted octanol–water partition coefficient (Wildman–Crippen LogP) is 2.52. The van der Waals surface area contributed by atoms with Crippen LogP contribution in [-0.2, 0) is 5.54 Å². The minimum atomic E-state index is -0.465. The van der Waals surface area contributed by atoms with Crippen molar-refractivity contribution in [2.24, 2.45) is 5.73 Å². The summed E-state index contributed by atoms with van der Waals surface area (Å²) in [6.07, 6.45) is 5.14. The van der Waals surface area contributed by atoms with Crippen LogP contribution in [-0.4, -0.2) is 10.2 Å². The molecule has 0 aliphatic heterocycles. The molecule has 0 bridgehead atoms. The zero-order valence-electron chi connectivity index (χ0n) is 9.66. The van der Waals surface area contributed by atoms with Gasteiger partial charge in [-0.25, -0.2) is 0 Å². The van der Waals surface area contributed by atoms with Crippen LogP contribution in [0.5, 0.6) is 11.5 Å². The SMILES string of the molecule is Cc1ccc(C2(N)CCCCC2)c(O)c1O. The van der Waals surface area contributed by atoms with Gasteiger partial charge in [0, 0.05) is 11.1 Å². The lowest BCUT2D eigenvalue weighted by Crippen LogP contribution is -2.38. The molecule has 0 spiro atoms. The third-order valence-corrected chi connectivity index (χ3v) is 3.64. The molecule has 0 amide bonds. The molecule has 3 heteroatoms. The number of phenolic OH excluding ortho intramolecular Hbond substituents is 2. The van der Waals surface area contributed by atoms with Crippen molar-refractivity contribution in [3.63, 3.8) is 0 Å². The van der Waals surface area contributed by atoms with Gasteiger partial charge in [0.25, 0.3) is 0 Å². The lowest BCUT2D eigenvalue weighted by atomic mass is 9.77. The first-order valence-corrected chi connectivity index (χ1v) is 5.85. The first kappa shape index (κ1) is 11.3. The molecule has 0 unspecified atom stereocenters. The third kappa shape index (κ3) is 1.76. The Kier molecular flexibility index (Phi) is 2.80. The number of phenols is 2. The summed E-state index contributed by atoms with van der Waals surface area (Å²) in [5.74, 6) is -0.0719. The lowest BCUT2D eigenvalue weighted by molar-refractivity contribution is 0.287. The van der Waals surface area contributed by atoms with Crippen LogP contribution in [0, 0.1) is 6.92 Å². The minimum absolute atomic E-state index is 0.0344. The van der Waals surface area contributed by atoms with E-state index in [2.05, 4.69) is 0 Å². The van der Waals surface area contributed by atoms with Crippen LogP contribution in [0.15, 0.2) is 12.1 Å². The van der Waals surface area contributed by atoms with E-state index in [0.29, 0.717) is 11.1 Å². The quantitative estimate of drug-likeness (QED) is 0.638. The van der Waals surface area contributed by atoms with E-state index in [-0.39, 0.29) is 11.5 Å². The van der Waals surface area contributed by atoms with E-state index in [1.165, 1.54) is 6.42 Å². The van der Waals surface area contributed by atoms with E-state index >= 15 is 0 Å². The standard InChI is InChI=1S/C13H19NO2/c1-9-5-6-10(12(16)11(9)15)13(14)7-3-2-4-8-13/h5-6,15-16H,2-4,7-8,14H2,1H3. The highest BCUT2D eigenvalue weighted by atomic mass is 16.3. The molecule has 1 aromatic rings. The molecule has 1 saturated carbocycles. The van der Waals surface area contributed by atoms with Gasteiger partial charge in [0.1, 0.15) is 0 Å². The van der Waals surface area contributed by atoms with Gasteiger partial charge >= 0.3 is 0 Å². The Morgan fingerprint density at radius 3 is 2.31 bits per heavy atom. The molecule has 4 N–H and O–H groups in total. The van der Waals surface area contributed by atoms with Crippen molar-refractivity contribution in [2.45, 2.75) is 44.6 Å². The second-order valence-corrected chi connectivity index (χ2v) is 4.84. The normalized spacial score (nSPS) is 19.6. The molecule has 0 heterocycles. The second-order valence-electron chi connectivity index (χ2n) is 4.84. The van der Waals surface area contributed by atoms with Gasteiger partial charge in [-0.1, -0.05) is 31.4 Å². The van der Waals surface area contributed by atoms with E-state index < -0.39 is 5.54 Å². The molecular formula is C13H19NO2. The first-order chi connectivity index (χ1) is 7.54. The molecule has 2 rings (SSSR count). The number of benzene rings is 1. The Labute approximate surface area is 95.9 Å². The van der Waals surface area contributed by atoms with Crippen LogP contribution in [0.3, 0.4) is 0 Å². The van der Waals surface area contributed by atoms with Crippen molar-refractivity contribution in [2.75, 3.05) is 0 Å². The molecule has 0 atom stereocenters. The number of aromatic hydroxyl groups is 2. The van der Waals surface area contributed by atoms with Crippen LogP contribution < -0.4 is 5.73 Å². The maximum Gasteiger partial charge on any atom is 0.162 e. The van der Waals surface area contributed by atoms with Crippen molar-refractivity contribution in [3.8, 4) is 11.5 Å². The monoisotopic (exact) mass is 221 g/mol. The van der Waals surface area contributed by atoms with Crippen LogP contribution in [0.4, 0.5) is 0 Å². The van der Waals surface area contributed by atoms with E-state index in [1.54, 1.807) is 6.92 Å². The van der Waals surface area contributed by atoms with Crippen molar-refractivity contribution in [1.82, 2.24) is 0 Å². The summed E-state index contributed by atoms with van der Waals surface area (Å²) in [7, 11) is 0. The summed E-state index contributed by atoms with van der Waals surface area (Å²) in [4.78, 5) is 0. The van der Waals surface area contributed by atoms with Gasteiger partial charge in [-0.2, -0.15) is 0 Å². The Morgan fingerprint density at radius 1 is 1.06 bits per heavy atom. The molecule has 1 aromatic carbocycles. The summed E-state index contributed by atoms with van der Waals surface area (Å²) in [5.41, 5.74) is 7.24. The minimum Gasteiger partial charge on any atom is -0.504 e. The van der Waals surface area contributed by atoms with Crippen LogP contribution in [0.2, 0.25) is 0 Å². The molecular weight excluding hydrogens is 202 g/mol. The largest absolute Gasteiger partial charge is 0.504 e. The maximum atomic E-state index is 9.97. The smallest absolute Gasteiger partial charge is 0.162 e. The van der Waals surface area contributed by atoms with Gasteiger partial charge in [-0.3, -0.25) is 0 Å². The highest BCUT2D eigenvalue weighted by Gasteiger charge is 2.32. The summed E-state index contributed by atoms with van der Waals surface area (Å²) >= 11 is 0. The number of aryl methyl sites for hydroxylation is 1. The molecule has 0 radical (unpaired) electrons. The molecule has 3 nitrogen and oxygen atoms in total. The Balaban J connectivity index is 2.43. The van der Waals surface area contributed by atoms with Crippen molar-refractivity contribution < 1.29 is 10.2 Å². The summed E-state index contributed by atoms with van der Waals surface area (Å²) in [6.45, 7) is 1.77. The Bertz CT molecular complexity index is 395. The summed E-state index contributed by atoms with van der Waals surface area (Å²) < 4.78 is 0. The highest BCUT2D eigenvalue weighted by molar-refractivity contribution is 5.52. The fourth-order valence-corrected chi connectivity index (χ4v) is 2.53. The van der Waals surface area contributed by atoms with Crippen LogP contribution >= 0.6 is 0 Å². The zero-order valence-corrected chi connectivity index (χ0v) is 9.66. The average molecular weight is 221 g/mol. The fourth-order valence-electron chi connectivity index (χ4n) is 2.53. The predicted molar refractivity (Wildman–Crippen MR) is 63.5 cm³/mol. The maximum absolute atomic E-state index is 9.97. The van der Waals surface area contributed by atoms with Crippen molar-refractivity contribution in [1.29, 1.82) is 0 Å². The molecule has 1 aliphatic rings. The van der Waals surface area contributed by atoms with Crippen LogP contribution in [0.25, 0.3) is 0 Å². The Hall–Kier alpha value is -1.22. The van der Waals surface area contributed by atoms with Gasteiger partial charge in [-0.05, 0) is 25.3 Å². The molecule has 1 aliphatic carbocycles. The first-order valence-electron chi connectivity index (χ1n) is 5.85. The zero-order chi connectivity index (χ0) is 11.8. The van der Waals surface area contributed by atoms with Gasteiger partial charge in [0.2, 0.25) is 0 Å². The number of nitrogens with two attached hydrogens (primary N) is 1. The van der Waals surface area contributed by atoms with Gasteiger partial charge in [-0.15, -0.1) is 0 Å². The molecule has 16 heavy (non-hydrogen) atoms. The van der Waals surface area contributed by atoms with E-state index in [0.717, 1.165) is 25.7 Å². The molecule has 0 aromatic heterocycles. The van der Waals surface area contributed by atoms with E-state index in [9.17, 15) is 10.2 Å². The van der Waals surface area contributed by atoms with E-state index in [4.69, 9.17) is 5.73 Å². The van der Waals surface area contributed by atoms with Gasteiger partial charge in [0.15, 0.2) is 11.5 Å². The number of hydrogen-bond donors (Lipinski definition) is 3. The topological polar surface area (TPSA) is 66.5 Å². The Morgan fingerprint density at radius 2 is 1.69 bits per heavy atom.